The minimum absolute atomic E-state index is 0.565. The fourth-order valence-electron chi connectivity index (χ4n) is 2.77. The summed E-state index contributed by atoms with van der Waals surface area (Å²) in [4.78, 5) is 0. The van der Waals surface area contributed by atoms with E-state index >= 15 is 0 Å². The Morgan fingerprint density at radius 2 is 1.89 bits per heavy atom. The lowest BCUT2D eigenvalue weighted by Crippen LogP contribution is -2.49. The Morgan fingerprint density at radius 1 is 1.26 bits per heavy atom. The maximum atomic E-state index is 5.82. The largest absolute Gasteiger partial charge is 0.406 e. The second-order valence-electron chi connectivity index (χ2n) is 5.51. The van der Waals surface area contributed by atoms with E-state index in [2.05, 4.69) is 31.9 Å². The van der Waals surface area contributed by atoms with Crippen LogP contribution in [-0.4, -0.2) is 55.7 Å². The molecule has 0 amide bonds. The molecule has 2 atom stereocenters. The quantitative estimate of drug-likeness (QED) is 0.612. The van der Waals surface area contributed by atoms with Gasteiger partial charge in [-0.3, -0.25) is 0 Å². The van der Waals surface area contributed by atoms with Crippen molar-refractivity contribution in [2.45, 2.75) is 51.7 Å². The molecule has 1 aliphatic rings. The van der Waals surface area contributed by atoms with E-state index in [9.17, 15) is 0 Å². The molecule has 1 heterocycles. The number of rotatable bonds is 9. The lowest BCUT2D eigenvalue weighted by Gasteiger charge is -2.32. The highest BCUT2D eigenvalue weighted by atomic mass is 28.4. The minimum atomic E-state index is -1.56. The zero-order valence-corrected chi connectivity index (χ0v) is 15.4. The molecule has 2 unspecified atom stereocenters. The molecule has 0 saturated carbocycles. The lowest BCUT2D eigenvalue weighted by molar-refractivity contribution is 0.201. The van der Waals surface area contributed by atoms with Gasteiger partial charge < -0.3 is 17.8 Å². The van der Waals surface area contributed by atoms with Crippen LogP contribution in [0.1, 0.15) is 33.6 Å². The van der Waals surface area contributed by atoms with Crippen molar-refractivity contribution in [1.29, 1.82) is 0 Å². The average Bonchev–Trinajstić information content (AvgIpc) is 2.78. The van der Waals surface area contributed by atoms with Crippen molar-refractivity contribution in [2.24, 2.45) is 0 Å². The summed E-state index contributed by atoms with van der Waals surface area (Å²) in [6.45, 7) is 12.6. The first-order chi connectivity index (χ1) is 9.07. The summed E-state index contributed by atoms with van der Waals surface area (Å²) in [5, 5.41) is 0. The van der Waals surface area contributed by atoms with Gasteiger partial charge in [-0.1, -0.05) is 6.92 Å². The van der Waals surface area contributed by atoms with Gasteiger partial charge in [-0.15, -0.1) is 0 Å². The second-order valence-corrected chi connectivity index (χ2v) is 11.9. The van der Waals surface area contributed by atoms with Gasteiger partial charge in [0, 0.05) is 20.3 Å². The summed E-state index contributed by atoms with van der Waals surface area (Å²) in [6.07, 6.45) is 2.46. The SMILES string of the molecule is CCO[SiH](OCC)C(C)CCN1CCC[Si]1(C)OC. The third kappa shape index (κ3) is 4.95. The lowest BCUT2D eigenvalue weighted by atomic mass is 10.3. The molecule has 19 heavy (non-hydrogen) atoms. The Kier molecular flexibility index (Phi) is 7.78. The second kappa shape index (κ2) is 8.54. The van der Waals surface area contributed by atoms with Crippen molar-refractivity contribution in [3.05, 3.63) is 0 Å². The molecule has 0 N–H and O–H groups in total. The molecule has 1 rings (SSSR count). The van der Waals surface area contributed by atoms with Crippen LogP contribution in [0.15, 0.2) is 0 Å². The predicted molar refractivity (Wildman–Crippen MR) is 84.1 cm³/mol. The molecule has 0 aromatic rings. The predicted octanol–water partition coefficient (Wildman–Crippen LogP) is 2.48. The monoisotopic (exact) mass is 305 g/mol. The van der Waals surface area contributed by atoms with Gasteiger partial charge in [-0.05, 0) is 57.9 Å². The van der Waals surface area contributed by atoms with Crippen LogP contribution in [0.2, 0.25) is 18.1 Å². The summed E-state index contributed by atoms with van der Waals surface area (Å²) >= 11 is 0. The van der Waals surface area contributed by atoms with Crippen LogP contribution in [-0.2, 0) is 13.3 Å². The zero-order chi connectivity index (χ0) is 14.3. The van der Waals surface area contributed by atoms with Crippen LogP contribution in [0.25, 0.3) is 0 Å². The molecule has 114 valence electrons. The minimum Gasteiger partial charge on any atom is -0.406 e. The Labute approximate surface area is 121 Å². The van der Waals surface area contributed by atoms with Crippen molar-refractivity contribution in [1.82, 2.24) is 4.57 Å². The van der Waals surface area contributed by atoms with Crippen molar-refractivity contribution >= 4 is 17.8 Å². The summed E-state index contributed by atoms with van der Waals surface area (Å²) in [5.74, 6) is 0. The van der Waals surface area contributed by atoms with E-state index in [0.717, 1.165) is 19.8 Å². The Bertz CT molecular complexity index is 252. The van der Waals surface area contributed by atoms with Crippen LogP contribution in [0, 0.1) is 0 Å². The molecule has 4 nitrogen and oxygen atoms in total. The third-order valence-corrected chi connectivity index (χ3v) is 10.7. The number of nitrogens with zero attached hydrogens (tertiary/aromatic N) is 1. The molecule has 0 aliphatic carbocycles. The Hall–Kier alpha value is 0.274. The van der Waals surface area contributed by atoms with E-state index in [1.807, 2.05) is 7.11 Å². The first kappa shape index (κ1) is 17.3. The average molecular weight is 306 g/mol. The van der Waals surface area contributed by atoms with Gasteiger partial charge in [0.1, 0.15) is 0 Å². The molecular weight excluding hydrogens is 274 g/mol. The molecular formula is C13H31NO3Si2. The van der Waals surface area contributed by atoms with E-state index < -0.39 is 17.8 Å². The van der Waals surface area contributed by atoms with Gasteiger partial charge in [0.25, 0.3) is 8.48 Å². The van der Waals surface area contributed by atoms with Crippen LogP contribution in [0.4, 0.5) is 0 Å². The number of hydrogen-bond acceptors (Lipinski definition) is 4. The van der Waals surface area contributed by atoms with Crippen molar-refractivity contribution in [2.75, 3.05) is 33.4 Å². The van der Waals surface area contributed by atoms with Gasteiger partial charge in [0.2, 0.25) is 0 Å². The van der Waals surface area contributed by atoms with Gasteiger partial charge in [-0.25, -0.2) is 0 Å². The molecule has 6 heteroatoms. The van der Waals surface area contributed by atoms with E-state index in [1.165, 1.54) is 25.4 Å². The Balaban J connectivity index is 2.41. The molecule has 0 aromatic carbocycles. The first-order valence-corrected chi connectivity index (χ1v) is 11.8. The fourth-order valence-corrected chi connectivity index (χ4v) is 7.43. The highest BCUT2D eigenvalue weighted by Crippen LogP contribution is 2.28. The van der Waals surface area contributed by atoms with Crippen LogP contribution < -0.4 is 0 Å². The highest BCUT2D eigenvalue weighted by molar-refractivity contribution is 6.70. The Morgan fingerprint density at radius 3 is 2.42 bits per heavy atom. The van der Waals surface area contributed by atoms with Crippen LogP contribution >= 0.6 is 0 Å². The normalized spacial score (nSPS) is 26.2. The van der Waals surface area contributed by atoms with E-state index in [-0.39, 0.29) is 0 Å². The molecule has 0 bridgehead atoms. The zero-order valence-electron chi connectivity index (χ0n) is 13.3. The van der Waals surface area contributed by atoms with Gasteiger partial charge >= 0.3 is 9.28 Å². The van der Waals surface area contributed by atoms with Crippen LogP contribution in [0.3, 0.4) is 0 Å². The van der Waals surface area contributed by atoms with E-state index in [1.54, 1.807) is 0 Å². The van der Waals surface area contributed by atoms with Gasteiger partial charge in [-0.2, -0.15) is 0 Å². The topological polar surface area (TPSA) is 30.9 Å². The molecule has 1 aliphatic heterocycles. The highest BCUT2D eigenvalue weighted by Gasteiger charge is 2.40. The van der Waals surface area contributed by atoms with Gasteiger partial charge in [0.15, 0.2) is 0 Å². The smallest absolute Gasteiger partial charge is 0.324 e. The molecule has 1 saturated heterocycles. The molecule has 0 radical (unpaired) electrons. The van der Waals surface area contributed by atoms with E-state index in [4.69, 9.17) is 13.3 Å². The van der Waals surface area contributed by atoms with Crippen molar-refractivity contribution < 1.29 is 13.3 Å². The van der Waals surface area contributed by atoms with Crippen molar-refractivity contribution in [3.63, 3.8) is 0 Å². The third-order valence-electron chi connectivity index (χ3n) is 4.16. The first-order valence-electron chi connectivity index (χ1n) is 7.60. The summed E-state index contributed by atoms with van der Waals surface area (Å²) in [6, 6.07) is 1.27. The molecule has 1 fully saturated rings. The standard InChI is InChI=1S/C13H31NO3Si2/c1-6-16-18(17-7-2)13(3)9-11-14-10-8-12-19(14,5)15-4/h13,18H,6-12H2,1-5H3. The van der Waals surface area contributed by atoms with Crippen LogP contribution in [0.5, 0.6) is 0 Å². The molecule has 0 aromatic heterocycles. The van der Waals surface area contributed by atoms with E-state index in [0.29, 0.717) is 5.54 Å². The molecule has 0 spiro atoms. The fraction of sp³-hybridized carbons (Fsp3) is 1.00. The van der Waals surface area contributed by atoms with Crippen molar-refractivity contribution in [3.8, 4) is 0 Å². The summed E-state index contributed by atoms with van der Waals surface area (Å²) in [7, 11) is -1.17. The summed E-state index contributed by atoms with van der Waals surface area (Å²) < 4.78 is 20.0. The number of hydrogen-bond donors (Lipinski definition) is 0. The summed E-state index contributed by atoms with van der Waals surface area (Å²) in [5.41, 5.74) is 0.565. The maximum absolute atomic E-state index is 5.82. The maximum Gasteiger partial charge on any atom is 0.324 e. The van der Waals surface area contributed by atoms with Gasteiger partial charge in [0.05, 0.1) is 0 Å².